The summed E-state index contributed by atoms with van der Waals surface area (Å²) in [6, 6.07) is 0. The standard InChI is InChI=1S/C9H18O3/c1-6(10)8(12)7(11)5-9(2,3)4/h7-8,11-12H,5H2,1-4H3/t7-,8+/m1/s1. The zero-order valence-electron chi connectivity index (χ0n) is 8.16. The van der Waals surface area contributed by atoms with Crippen LogP contribution in [-0.2, 0) is 4.79 Å². The summed E-state index contributed by atoms with van der Waals surface area (Å²) in [5, 5.41) is 18.5. The Morgan fingerprint density at radius 1 is 1.33 bits per heavy atom. The molecule has 0 unspecified atom stereocenters. The van der Waals surface area contributed by atoms with Crippen molar-refractivity contribution in [2.45, 2.75) is 46.3 Å². The molecule has 0 saturated heterocycles. The molecule has 12 heavy (non-hydrogen) atoms. The van der Waals surface area contributed by atoms with E-state index in [0.717, 1.165) is 0 Å². The molecule has 0 saturated carbocycles. The van der Waals surface area contributed by atoms with Crippen LogP contribution in [0.5, 0.6) is 0 Å². The predicted octanol–water partition coefficient (Wildman–Crippen LogP) is 0.733. The van der Waals surface area contributed by atoms with Crippen molar-refractivity contribution in [2.75, 3.05) is 0 Å². The lowest BCUT2D eigenvalue weighted by molar-refractivity contribution is -0.131. The van der Waals surface area contributed by atoms with E-state index in [2.05, 4.69) is 0 Å². The van der Waals surface area contributed by atoms with E-state index in [4.69, 9.17) is 5.11 Å². The van der Waals surface area contributed by atoms with Gasteiger partial charge in [0.05, 0.1) is 6.10 Å². The van der Waals surface area contributed by atoms with E-state index in [1.807, 2.05) is 20.8 Å². The number of Topliss-reactive ketones (excluding diaryl/α,β-unsaturated/α-hetero) is 1. The molecular weight excluding hydrogens is 156 g/mol. The summed E-state index contributed by atoms with van der Waals surface area (Å²) in [5.74, 6) is -0.383. The molecule has 72 valence electrons. The summed E-state index contributed by atoms with van der Waals surface area (Å²) >= 11 is 0. The first-order chi connectivity index (χ1) is 5.24. The molecule has 0 aliphatic rings. The Morgan fingerprint density at radius 3 is 2.00 bits per heavy atom. The largest absolute Gasteiger partial charge is 0.390 e. The lowest BCUT2D eigenvalue weighted by Gasteiger charge is -2.24. The van der Waals surface area contributed by atoms with E-state index < -0.39 is 12.2 Å². The second-order valence-corrected chi connectivity index (χ2v) is 4.39. The van der Waals surface area contributed by atoms with Crippen LogP contribution in [0.1, 0.15) is 34.1 Å². The van der Waals surface area contributed by atoms with Crippen molar-refractivity contribution in [3.63, 3.8) is 0 Å². The second kappa shape index (κ2) is 4.01. The predicted molar refractivity (Wildman–Crippen MR) is 46.8 cm³/mol. The van der Waals surface area contributed by atoms with Crippen LogP contribution in [0.15, 0.2) is 0 Å². The highest BCUT2D eigenvalue weighted by Gasteiger charge is 2.25. The fourth-order valence-corrected chi connectivity index (χ4v) is 1.01. The van der Waals surface area contributed by atoms with Crippen molar-refractivity contribution in [3.8, 4) is 0 Å². The molecule has 0 heterocycles. The fourth-order valence-electron chi connectivity index (χ4n) is 1.01. The lowest BCUT2D eigenvalue weighted by atomic mass is 9.87. The molecule has 0 aromatic rings. The van der Waals surface area contributed by atoms with Gasteiger partial charge in [0, 0.05) is 0 Å². The average Bonchev–Trinajstić information content (AvgIpc) is 1.82. The summed E-state index contributed by atoms with van der Waals surface area (Å²) in [4.78, 5) is 10.7. The van der Waals surface area contributed by atoms with E-state index in [-0.39, 0.29) is 11.2 Å². The molecule has 2 N–H and O–H groups in total. The maximum atomic E-state index is 10.7. The number of aliphatic hydroxyl groups excluding tert-OH is 2. The van der Waals surface area contributed by atoms with Gasteiger partial charge in [0.2, 0.25) is 0 Å². The number of ketones is 1. The Bertz CT molecular complexity index is 158. The van der Waals surface area contributed by atoms with Crippen LogP contribution >= 0.6 is 0 Å². The molecule has 0 aromatic heterocycles. The van der Waals surface area contributed by atoms with Gasteiger partial charge in [-0.05, 0) is 18.8 Å². The van der Waals surface area contributed by atoms with Crippen LogP contribution in [0, 0.1) is 5.41 Å². The van der Waals surface area contributed by atoms with Crippen molar-refractivity contribution < 1.29 is 15.0 Å². The highest BCUT2D eigenvalue weighted by atomic mass is 16.3. The number of hydrogen-bond donors (Lipinski definition) is 2. The van der Waals surface area contributed by atoms with E-state index in [0.29, 0.717) is 6.42 Å². The van der Waals surface area contributed by atoms with Gasteiger partial charge in [0.1, 0.15) is 6.10 Å². The minimum atomic E-state index is -1.23. The summed E-state index contributed by atoms with van der Waals surface area (Å²) < 4.78 is 0. The first kappa shape index (κ1) is 11.6. The van der Waals surface area contributed by atoms with Crippen molar-refractivity contribution in [1.82, 2.24) is 0 Å². The van der Waals surface area contributed by atoms with Gasteiger partial charge in [-0.25, -0.2) is 0 Å². The minimum Gasteiger partial charge on any atom is -0.390 e. The van der Waals surface area contributed by atoms with E-state index in [1.165, 1.54) is 6.92 Å². The Morgan fingerprint density at radius 2 is 1.75 bits per heavy atom. The molecule has 0 aliphatic heterocycles. The average molecular weight is 174 g/mol. The maximum Gasteiger partial charge on any atom is 0.160 e. The molecule has 0 fully saturated rings. The minimum absolute atomic E-state index is 0.0736. The fraction of sp³-hybridized carbons (Fsp3) is 0.889. The highest BCUT2D eigenvalue weighted by Crippen LogP contribution is 2.22. The summed E-state index contributed by atoms with van der Waals surface area (Å²) in [6.45, 7) is 7.12. The Balaban J connectivity index is 4.04. The molecule has 0 aromatic carbocycles. The second-order valence-electron chi connectivity index (χ2n) is 4.39. The normalized spacial score (nSPS) is 17.2. The molecular formula is C9H18O3. The van der Waals surface area contributed by atoms with Crippen molar-refractivity contribution in [1.29, 1.82) is 0 Å². The van der Waals surface area contributed by atoms with E-state index in [1.54, 1.807) is 0 Å². The van der Waals surface area contributed by atoms with Crippen LogP contribution in [0.2, 0.25) is 0 Å². The molecule has 0 rings (SSSR count). The number of carbonyl (C=O) groups is 1. The molecule has 2 atom stereocenters. The molecule has 0 amide bonds. The molecule has 0 radical (unpaired) electrons. The number of hydrogen-bond acceptors (Lipinski definition) is 3. The number of aliphatic hydroxyl groups is 2. The summed E-state index contributed by atoms with van der Waals surface area (Å²) in [7, 11) is 0. The SMILES string of the molecule is CC(=O)[C@H](O)[C@H](O)CC(C)(C)C. The van der Waals surface area contributed by atoms with Gasteiger partial charge < -0.3 is 10.2 Å². The zero-order chi connectivity index (χ0) is 9.94. The van der Waals surface area contributed by atoms with Crippen molar-refractivity contribution >= 4 is 5.78 Å². The number of rotatable bonds is 3. The lowest BCUT2D eigenvalue weighted by Crippen LogP contribution is -2.35. The van der Waals surface area contributed by atoms with Crippen LogP contribution < -0.4 is 0 Å². The molecule has 3 nitrogen and oxygen atoms in total. The summed E-state index contributed by atoms with van der Waals surface area (Å²) in [6.07, 6.45) is -1.75. The zero-order valence-corrected chi connectivity index (χ0v) is 8.16. The highest BCUT2D eigenvalue weighted by molar-refractivity contribution is 5.80. The van der Waals surface area contributed by atoms with E-state index >= 15 is 0 Å². The first-order valence-electron chi connectivity index (χ1n) is 4.10. The van der Waals surface area contributed by atoms with Crippen LogP contribution in [0.25, 0.3) is 0 Å². The quantitative estimate of drug-likeness (QED) is 0.663. The molecule has 0 aliphatic carbocycles. The van der Waals surface area contributed by atoms with Gasteiger partial charge >= 0.3 is 0 Å². The monoisotopic (exact) mass is 174 g/mol. The van der Waals surface area contributed by atoms with Crippen molar-refractivity contribution in [2.24, 2.45) is 5.41 Å². The van der Waals surface area contributed by atoms with Gasteiger partial charge in [-0.15, -0.1) is 0 Å². The van der Waals surface area contributed by atoms with E-state index in [9.17, 15) is 9.90 Å². The maximum absolute atomic E-state index is 10.7. The molecule has 0 spiro atoms. The third-order valence-electron chi connectivity index (χ3n) is 1.60. The third-order valence-corrected chi connectivity index (χ3v) is 1.60. The van der Waals surface area contributed by atoms with Gasteiger partial charge in [-0.3, -0.25) is 4.79 Å². The number of carbonyl (C=O) groups excluding carboxylic acids is 1. The smallest absolute Gasteiger partial charge is 0.160 e. The molecule has 0 bridgehead atoms. The van der Waals surface area contributed by atoms with Crippen LogP contribution in [-0.4, -0.2) is 28.2 Å². The Kier molecular flexibility index (Phi) is 3.87. The summed E-state index contributed by atoms with van der Waals surface area (Å²) in [5.41, 5.74) is -0.0736. The van der Waals surface area contributed by atoms with Gasteiger partial charge in [-0.2, -0.15) is 0 Å². The van der Waals surface area contributed by atoms with Crippen molar-refractivity contribution in [3.05, 3.63) is 0 Å². The first-order valence-corrected chi connectivity index (χ1v) is 4.10. The van der Waals surface area contributed by atoms with Gasteiger partial charge in [0.15, 0.2) is 5.78 Å². The Hall–Kier alpha value is -0.410. The topological polar surface area (TPSA) is 57.5 Å². The van der Waals surface area contributed by atoms with Gasteiger partial charge in [-0.1, -0.05) is 20.8 Å². The Labute approximate surface area is 73.4 Å². The van der Waals surface area contributed by atoms with Crippen LogP contribution in [0.4, 0.5) is 0 Å². The van der Waals surface area contributed by atoms with Gasteiger partial charge in [0.25, 0.3) is 0 Å². The third kappa shape index (κ3) is 4.46. The van der Waals surface area contributed by atoms with Crippen LogP contribution in [0.3, 0.4) is 0 Å². The molecule has 3 heteroatoms.